The standard InChI is InChI=1S/C13H7F6NO2/c14-12(15,16)8-5-10(21)11(20-6-8)7-1-3-9(4-2-7)22-13(17,18)19/h1-6,21H. The minimum atomic E-state index is -4.85. The molecule has 1 N–H and O–H groups in total. The van der Waals surface area contributed by atoms with Crippen LogP contribution in [-0.2, 0) is 6.18 Å². The molecule has 9 heteroatoms. The molecule has 0 aliphatic carbocycles. The van der Waals surface area contributed by atoms with Crippen molar-refractivity contribution in [1.29, 1.82) is 0 Å². The summed E-state index contributed by atoms with van der Waals surface area (Å²) in [6, 6.07) is 4.68. The lowest BCUT2D eigenvalue weighted by Crippen LogP contribution is -2.16. The largest absolute Gasteiger partial charge is 0.573 e. The molecule has 0 aliphatic heterocycles. The van der Waals surface area contributed by atoms with E-state index in [1.54, 1.807) is 0 Å². The fraction of sp³-hybridized carbons (Fsp3) is 0.154. The van der Waals surface area contributed by atoms with Crippen molar-refractivity contribution in [1.82, 2.24) is 4.98 Å². The summed E-state index contributed by atoms with van der Waals surface area (Å²) < 4.78 is 77.0. The Morgan fingerprint density at radius 3 is 2.00 bits per heavy atom. The van der Waals surface area contributed by atoms with E-state index in [2.05, 4.69) is 9.72 Å². The molecule has 0 spiro atoms. The van der Waals surface area contributed by atoms with Crippen LogP contribution in [0.5, 0.6) is 11.5 Å². The molecule has 2 rings (SSSR count). The highest BCUT2D eigenvalue weighted by atomic mass is 19.4. The van der Waals surface area contributed by atoms with Crippen LogP contribution >= 0.6 is 0 Å². The maximum Gasteiger partial charge on any atom is 0.573 e. The molecule has 22 heavy (non-hydrogen) atoms. The monoisotopic (exact) mass is 323 g/mol. The molecule has 1 heterocycles. The average Bonchev–Trinajstić information content (AvgIpc) is 2.37. The van der Waals surface area contributed by atoms with E-state index in [0.29, 0.717) is 12.3 Å². The Morgan fingerprint density at radius 2 is 1.55 bits per heavy atom. The van der Waals surface area contributed by atoms with E-state index >= 15 is 0 Å². The number of halogens is 6. The SMILES string of the molecule is Oc1cc(C(F)(F)F)cnc1-c1ccc(OC(F)(F)F)cc1. The van der Waals surface area contributed by atoms with Crippen molar-refractivity contribution in [3.05, 3.63) is 42.1 Å². The Kier molecular flexibility index (Phi) is 3.90. The molecule has 1 aromatic carbocycles. The predicted octanol–water partition coefficient (Wildman–Crippen LogP) is 4.37. The summed E-state index contributed by atoms with van der Waals surface area (Å²) in [7, 11) is 0. The first-order valence-electron chi connectivity index (χ1n) is 5.68. The molecule has 0 bridgehead atoms. The van der Waals surface area contributed by atoms with Gasteiger partial charge in [-0.2, -0.15) is 13.2 Å². The van der Waals surface area contributed by atoms with E-state index in [1.165, 1.54) is 0 Å². The molecule has 0 fully saturated rings. The molecule has 2 aromatic rings. The quantitative estimate of drug-likeness (QED) is 0.835. The zero-order valence-electron chi connectivity index (χ0n) is 10.5. The summed E-state index contributed by atoms with van der Waals surface area (Å²) in [5, 5.41) is 9.59. The summed E-state index contributed by atoms with van der Waals surface area (Å²) in [5.41, 5.74) is -1.18. The van der Waals surface area contributed by atoms with Crippen LogP contribution in [-0.4, -0.2) is 16.5 Å². The zero-order valence-corrected chi connectivity index (χ0v) is 10.5. The normalized spacial score (nSPS) is 12.3. The topological polar surface area (TPSA) is 42.4 Å². The van der Waals surface area contributed by atoms with Crippen molar-refractivity contribution < 1.29 is 36.2 Å². The van der Waals surface area contributed by atoms with E-state index in [9.17, 15) is 31.4 Å². The van der Waals surface area contributed by atoms with Crippen LogP contribution in [0.3, 0.4) is 0 Å². The van der Waals surface area contributed by atoms with Crippen LogP contribution in [0, 0.1) is 0 Å². The van der Waals surface area contributed by atoms with Gasteiger partial charge in [0.15, 0.2) is 0 Å². The number of alkyl halides is 6. The first-order valence-corrected chi connectivity index (χ1v) is 5.68. The Morgan fingerprint density at radius 1 is 0.955 bits per heavy atom. The molecular weight excluding hydrogens is 316 g/mol. The van der Waals surface area contributed by atoms with Crippen molar-refractivity contribution in [2.75, 3.05) is 0 Å². The van der Waals surface area contributed by atoms with Crippen molar-refractivity contribution in [2.45, 2.75) is 12.5 Å². The molecule has 0 radical (unpaired) electrons. The molecule has 0 atom stereocenters. The van der Waals surface area contributed by atoms with E-state index in [4.69, 9.17) is 0 Å². The third kappa shape index (κ3) is 3.80. The lowest BCUT2D eigenvalue weighted by Gasteiger charge is -2.11. The lowest BCUT2D eigenvalue weighted by molar-refractivity contribution is -0.274. The zero-order chi connectivity index (χ0) is 16.5. The molecule has 0 saturated carbocycles. The van der Waals surface area contributed by atoms with Gasteiger partial charge in [0, 0.05) is 11.8 Å². The number of benzene rings is 1. The van der Waals surface area contributed by atoms with Crippen molar-refractivity contribution in [3.63, 3.8) is 0 Å². The van der Waals surface area contributed by atoms with Crippen LogP contribution < -0.4 is 4.74 Å². The van der Waals surface area contributed by atoms with Crippen molar-refractivity contribution in [2.24, 2.45) is 0 Å². The smallest absolute Gasteiger partial charge is 0.506 e. The van der Waals surface area contributed by atoms with Gasteiger partial charge in [0.25, 0.3) is 0 Å². The molecular formula is C13H7F6NO2. The molecule has 0 amide bonds. The highest BCUT2D eigenvalue weighted by Crippen LogP contribution is 2.35. The van der Waals surface area contributed by atoms with Gasteiger partial charge in [-0.1, -0.05) is 0 Å². The highest BCUT2D eigenvalue weighted by molar-refractivity contribution is 5.66. The number of pyridine rings is 1. The van der Waals surface area contributed by atoms with Gasteiger partial charge in [0.1, 0.15) is 17.2 Å². The number of hydrogen-bond acceptors (Lipinski definition) is 3. The Hall–Kier alpha value is -2.45. The van der Waals surface area contributed by atoms with Crippen molar-refractivity contribution >= 4 is 0 Å². The second-order valence-corrected chi connectivity index (χ2v) is 4.16. The van der Waals surface area contributed by atoms with Gasteiger partial charge in [-0.15, -0.1) is 13.2 Å². The van der Waals surface area contributed by atoms with Gasteiger partial charge in [0.05, 0.1) is 5.56 Å². The predicted molar refractivity (Wildman–Crippen MR) is 63.0 cm³/mol. The fourth-order valence-corrected chi connectivity index (χ4v) is 1.65. The summed E-state index contributed by atoms with van der Waals surface area (Å²) in [4.78, 5) is 3.49. The molecule has 118 valence electrons. The van der Waals surface area contributed by atoms with Gasteiger partial charge < -0.3 is 9.84 Å². The van der Waals surface area contributed by atoms with Crippen LogP contribution in [0.15, 0.2) is 36.5 Å². The Labute approximate surface area is 119 Å². The molecule has 3 nitrogen and oxygen atoms in total. The fourth-order valence-electron chi connectivity index (χ4n) is 1.65. The van der Waals surface area contributed by atoms with E-state index in [-0.39, 0.29) is 11.3 Å². The van der Waals surface area contributed by atoms with Gasteiger partial charge in [0.2, 0.25) is 0 Å². The van der Waals surface area contributed by atoms with E-state index in [1.807, 2.05) is 0 Å². The molecule has 0 unspecified atom stereocenters. The molecule has 0 aliphatic rings. The molecule has 1 aromatic heterocycles. The number of aromatic hydroxyl groups is 1. The van der Waals surface area contributed by atoms with E-state index < -0.39 is 29.6 Å². The van der Waals surface area contributed by atoms with Gasteiger partial charge in [-0.05, 0) is 30.3 Å². The summed E-state index contributed by atoms with van der Waals surface area (Å²) in [6.07, 6.45) is -8.99. The van der Waals surface area contributed by atoms with Crippen molar-refractivity contribution in [3.8, 4) is 22.8 Å². The van der Waals surface area contributed by atoms with Crippen LogP contribution in [0.4, 0.5) is 26.3 Å². The number of nitrogens with zero attached hydrogens (tertiary/aromatic N) is 1. The van der Waals surface area contributed by atoms with Crippen LogP contribution in [0.25, 0.3) is 11.3 Å². The number of hydrogen-bond donors (Lipinski definition) is 1. The average molecular weight is 323 g/mol. The lowest BCUT2D eigenvalue weighted by atomic mass is 10.1. The third-order valence-corrected chi connectivity index (χ3v) is 2.56. The summed E-state index contributed by atoms with van der Waals surface area (Å²) in [6.45, 7) is 0. The maximum absolute atomic E-state index is 12.4. The van der Waals surface area contributed by atoms with Gasteiger partial charge in [-0.25, -0.2) is 0 Å². The van der Waals surface area contributed by atoms with Gasteiger partial charge >= 0.3 is 12.5 Å². The van der Waals surface area contributed by atoms with Crippen LogP contribution in [0.1, 0.15) is 5.56 Å². The first-order chi connectivity index (χ1) is 10.1. The summed E-state index contributed by atoms with van der Waals surface area (Å²) >= 11 is 0. The third-order valence-electron chi connectivity index (χ3n) is 2.56. The summed E-state index contributed by atoms with van der Waals surface area (Å²) in [5.74, 6) is -1.23. The number of rotatable bonds is 2. The number of aromatic nitrogens is 1. The van der Waals surface area contributed by atoms with Crippen LogP contribution in [0.2, 0.25) is 0 Å². The maximum atomic E-state index is 12.4. The molecule has 0 saturated heterocycles. The minimum absolute atomic E-state index is 0.140. The van der Waals surface area contributed by atoms with Gasteiger partial charge in [-0.3, -0.25) is 4.98 Å². The minimum Gasteiger partial charge on any atom is -0.506 e. The Bertz CT molecular complexity index is 664. The highest BCUT2D eigenvalue weighted by Gasteiger charge is 2.32. The second-order valence-electron chi connectivity index (χ2n) is 4.16. The Balaban J connectivity index is 2.29. The van der Waals surface area contributed by atoms with E-state index in [0.717, 1.165) is 24.3 Å². The number of ether oxygens (including phenoxy) is 1. The first kappa shape index (κ1) is 15.9. The second kappa shape index (κ2) is 5.39.